The summed E-state index contributed by atoms with van der Waals surface area (Å²) in [6.45, 7) is 3.81. The fraction of sp³-hybridized carbons (Fsp3) is 0.316. The van der Waals surface area contributed by atoms with E-state index in [1.165, 1.54) is 0 Å². The molecule has 0 aliphatic heterocycles. The van der Waals surface area contributed by atoms with Crippen LogP contribution in [0.25, 0.3) is 0 Å². The monoisotopic (exact) mass is 407 g/mol. The summed E-state index contributed by atoms with van der Waals surface area (Å²) in [5.41, 5.74) is 1.95. The van der Waals surface area contributed by atoms with E-state index >= 15 is 0 Å². The summed E-state index contributed by atoms with van der Waals surface area (Å²) < 4.78 is 17.0. The van der Waals surface area contributed by atoms with Crippen molar-refractivity contribution in [3.8, 4) is 17.2 Å². The lowest BCUT2D eigenvalue weighted by molar-refractivity contribution is -0.123. The molecule has 0 aliphatic rings. The van der Waals surface area contributed by atoms with Crippen LogP contribution in [0, 0.1) is 6.92 Å². The predicted octanol–water partition coefficient (Wildman–Crippen LogP) is 4.03. The molecule has 25 heavy (non-hydrogen) atoms. The van der Waals surface area contributed by atoms with Crippen molar-refractivity contribution in [3.63, 3.8) is 0 Å². The molecule has 2 aromatic rings. The van der Waals surface area contributed by atoms with Gasteiger partial charge in [0.2, 0.25) is 0 Å². The third-order valence-electron chi connectivity index (χ3n) is 3.73. The van der Waals surface area contributed by atoms with Crippen molar-refractivity contribution < 1.29 is 19.0 Å². The average molecular weight is 408 g/mol. The van der Waals surface area contributed by atoms with Gasteiger partial charge in [0, 0.05) is 5.56 Å². The number of carbonyl (C=O) groups is 1. The van der Waals surface area contributed by atoms with Crippen LogP contribution in [0.5, 0.6) is 17.2 Å². The second kappa shape index (κ2) is 8.76. The molecule has 0 bridgehead atoms. The maximum absolute atomic E-state index is 12.2. The van der Waals surface area contributed by atoms with E-state index in [9.17, 15) is 4.79 Å². The SMILES string of the molecule is COc1ccc(OC)c([C@H](C)NC(=O)COc2ccc(C)cc2Br)c1. The number of methoxy groups -OCH3 is 2. The number of hydrogen-bond donors (Lipinski definition) is 1. The molecule has 6 heteroatoms. The maximum Gasteiger partial charge on any atom is 0.258 e. The van der Waals surface area contributed by atoms with Crippen LogP contribution in [-0.2, 0) is 4.79 Å². The standard InChI is InChI=1S/C19H22BrNO4/c1-12-5-7-18(16(20)9-12)25-11-19(22)21-13(2)15-10-14(23-3)6-8-17(15)24-4/h5-10,13H,11H2,1-4H3,(H,21,22)/t13-/m0/s1. The van der Waals surface area contributed by atoms with Crippen LogP contribution in [-0.4, -0.2) is 26.7 Å². The lowest BCUT2D eigenvalue weighted by Crippen LogP contribution is -2.31. The van der Waals surface area contributed by atoms with E-state index in [1.54, 1.807) is 14.2 Å². The summed E-state index contributed by atoms with van der Waals surface area (Å²) in [7, 11) is 3.19. The Balaban J connectivity index is 2.00. The zero-order valence-corrected chi connectivity index (χ0v) is 16.3. The number of ether oxygens (including phenoxy) is 3. The van der Waals surface area contributed by atoms with Crippen molar-refractivity contribution in [2.45, 2.75) is 19.9 Å². The van der Waals surface area contributed by atoms with Gasteiger partial charge in [0.1, 0.15) is 17.2 Å². The van der Waals surface area contributed by atoms with Crippen molar-refractivity contribution in [2.75, 3.05) is 20.8 Å². The molecule has 2 aromatic carbocycles. The van der Waals surface area contributed by atoms with Crippen LogP contribution in [0.3, 0.4) is 0 Å². The normalized spacial score (nSPS) is 11.6. The van der Waals surface area contributed by atoms with E-state index in [1.807, 2.05) is 50.2 Å². The molecule has 0 heterocycles. The Kier molecular flexibility index (Phi) is 6.70. The number of aryl methyl sites for hydroxylation is 1. The molecular formula is C19H22BrNO4. The molecule has 1 N–H and O–H groups in total. The third kappa shape index (κ3) is 5.13. The summed E-state index contributed by atoms with van der Waals surface area (Å²) in [6, 6.07) is 10.9. The van der Waals surface area contributed by atoms with Crippen LogP contribution >= 0.6 is 15.9 Å². The van der Waals surface area contributed by atoms with Gasteiger partial charge in [0.05, 0.1) is 24.7 Å². The lowest BCUT2D eigenvalue weighted by Gasteiger charge is -2.18. The molecule has 0 saturated heterocycles. The van der Waals surface area contributed by atoms with Gasteiger partial charge in [-0.25, -0.2) is 0 Å². The minimum atomic E-state index is -0.248. The third-order valence-corrected chi connectivity index (χ3v) is 4.35. The molecular weight excluding hydrogens is 386 g/mol. The van der Waals surface area contributed by atoms with E-state index in [0.29, 0.717) is 17.2 Å². The topological polar surface area (TPSA) is 56.8 Å². The van der Waals surface area contributed by atoms with Crippen molar-refractivity contribution in [1.29, 1.82) is 0 Å². The fourth-order valence-corrected chi connectivity index (χ4v) is 3.01. The molecule has 0 radical (unpaired) electrons. The minimum absolute atomic E-state index is 0.0711. The van der Waals surface area contributed by atoms with Crippen LogP contribution < -0.4 is 19.5 Å². The van der Waals surface area contributed by atoms with Gasteiger partial charge in [0.25, 0.3) is 5.91 Å². The van der Waals surface area contributed by atoms with Crippen LogP contribution in [0.4, 0.5) is 0 Å². The molecule has 1 amide bonds. The zero-order chi connectivity index (χ0) is 18.4. The second-order valence-corrected chi connectivity index (χ2v) is 6.47. The van der Waals surface area contributed by atoms with Gasteiger partial charge < -0.3 is 19.5 Å². The Morgan fingerprint density at radius 2 is 1.84 bits per heavy atom. The van der Waals surface area contributed by atoms with Gasteiger partial charge in [0.15, 0.2) is 6.61 Å². The first-order chi connectivity index (χ1) is 11.9. The van der Waals surface area contributed by atoms with Crippen LogP contribution in [0.15, 0.2) is 40.9 Å². The molecule has 0 spiro atoms. The van der Waals surface area contributed by atoms with Gasteiger partial charge >= 0.3 is 0 Å². The summed E-state index contributed by atoms with van der Waals surface area (Å²) in [4.78, 5) is 12.2. The Morgan fingerprint density at radius 3 is 2.48 bits per heavy atom. The predicted molar refractivity (Wildman–Crippen MR) is 100 cm³/mol. The summed E-state index contributed by atoms with van der Waals surface area (Å²) in [5, 5.41) is 2.91. The lowest BCUT2D eigenvalue weighted by atomic mass is 10.1. The highest BCUT2D eigenvalue weighted by Gasteiger charge is 2.16. The highest BCUT2D eigenvalue weighted by atomic mass is 79.9. The van der Waals surface area contributed by atoms with E-state index in [2.05, 4.69) is 21.2 Å². The Hall–Kier alpha value is -2.21. The van der Waals surface area contributed by atoms with E-state index in [-0.39, 0.29) is 18.6 Å². The number of rotatable bonds is 7. The fourth-order valence-electron chi connectivity index (χ4n) is 2.40. The van der Waals surface area contributed by atoms with Crippen molar-refractivity contribution in [3.05, 3.63) is 52.0 Å². The summed E-state index contributed by atoms with van der Waals surface area (Å²) >= 11 is 3.43. The number of hydrogen-bond acceptors (Lipinski definition) is 4. The Labute approximate surface area is 156 Å². The number of amides is 1. The summed E-state index contributed by atoms with van der Waals surface area (Å²) in [5.74, 6) is 1.81. The van der Waals surface area contributed by atoms with Gasteiger partial charge in [-0.2, -0.15) is 0 Å². The van der Waals surface area contributed by atoms with Gasteiger partial charge in [-0.1, -0.05) is 6.07 Å². The first-order valence-corrected chi connectivity index (χ1v) is 8.64. The molecule has 1 atom stereocenters. The average Bonchev–Trinajstić information content (AvgIpc) is 2.60. The number of benzene rings is 2. The molecule has 2 rings (SSSR count). The Bertz CT molecular complexity index is 748. The highest BCUT2D eigenvalue weighted by molar-refractivity contribution is 9.10. The van der Waals surface area contributed by atoms with E-state index in [0.717, 1.165) is 15.6 Å². The van der Waals surface area contributed by atoms with Crippen LogP contribution in [0.1, 0.15) is 24.1 Å². The quantitative estimate of drug-likeness (QED) is 0.752. The first-order valence-electron chi connectivity index (χ1n) is 7.84. The number of halogens is 1. The van der Waals surface area contributed by atoms with Crippen molar-refractivity contribution in [2.24, 2.45) is 0 Å². The minimum Gasteiger partial charge on any atom is -0.497 e. The van der Waals surface area contributed by atoms with Crippen molar-refractivity contribution >= 4 is 21.8 Å². The van der Waals surface area contributed by atoms with Gasteiger partial charge in [-0.05, 0) is 65.7 Å². The number of nitrogens with one attached hydrogen (secondary N) is 1. The van der Waals surface area contributed by atoms with Crippen LogP contribution in [0.2, 0.25) is 0 Å². The second-order valence-electron chi connectivity index (χ2n) is 5.62. The first kappa shape index (κ1) is 19.1. The van der Waals surface area contributed by atoms with Crippen molar-refractivity contribution in [1.82, 2.24) is 5.32 Å². The zero-order valence-electron chi connectivity index (χ0n) is 14.8. The van der Waals surface area contributed by atoms with Gasteiger partial charge in [-0.15, -0.1) is 0 Å². The highest BCUT2D eigenvalue weighted by Crippen LogP contribution is 2.29. The molecule has 0 aliphatic carbocycles. The molecule has 5 nitrogen and oxygen atoms in total. The van der Waals surface area contributed by atoms with E-state index in [4.69, 9.17) is 14.2 Å². The molecule has 0 saturated carbocycles. The molecule has 0 fully saturated rings. The summed E-state index contributed by atoms with van der Waals surface area (Å²) in [6.07, 6.45) is 0. The number of carbonyl (C=O) groups excluding carboxylic acids is 1. The largest absolute Gasteiger partial charge is 0.497 e. The molecule has 0 unspecified atom stereocenters. The maximum atomic E-state index is 12.2. The molecule has 134 valence electrons. The smallest absolute Gasteiger partial charge is 0.258 e. The Morgan fingerprint density at radius 1 is 1.12 bits per heavy atom. The van der Waals surface area contributed by atoms with E-state index < -0.39 is 0 Å². The molecule has 0 aromatic heterocycles. The van der Waals surface area contributed by atoms with Gasteiger partial charge in [-0.3, -0.25) is 4.79 Å².